The molecular weight excluding hydrogens is 325 g/mol. The second kappa shape index (κ2) is 6.16. The molecule has 1 N–H and O–H groups in total. The van der Waals surface area contributed by atoms with Crippen LogP contribution in [0.5, 0.6) is 0 Å². The van der Waals surface area contributed by atoms with E-state index in [1.165, 1.54) is 21.4 Å². The molecule has 0 aliphatic rings. The normalized spacial score (nSPS) is 12.7. The van der Waals surface area contributed by atoms with Crippen LogP contribution in [0.1, 0.15) is 33.8 Å². The van der Waals surface area contributed by atoms with Gasteiger partial charge in [0.05, 0.1) is 0 Å². The Morgan fingerprint density at radius 3 is 2.63 bits per heavy atom. The fraction of sp³-hybridized carbons (Fsp3) is 0.333. The van der Waals surface area contributed by atoms with E-state index < -0.39 is 0 Å². The Morgan fingerprint density at radius 2 is 2.05 bits per heavy atom. The Balaban J connectivity index is 2.04. The van der Waals surface area contributed by atoms with E-state index >= 15 is 0 Å². The molecule has 0 radical (unpaired) electrons. The van der Waals surface area contributed by atoms with Crippen molar-refractivity contribution in [2.45, 2.75) is 33.4 Å². The molecule has 102 valence electrons. The summed E-state index contributed by atoms with van der Waals surface area (Å²) in [6.45, 7) is 6.90. The summed E-state index contributed by atoms with van der Waals surface area (Å²) < 4.78 is 14.5. The van der Waals surface area contributed by atoms with Crippen molar-refractivity contribution < 1.29 is 4.39 Å². The molecule has 4 heteroatoms. The number of hydrogen-bond acceptors (Lipinski definition) is 2. The van der Waals surface area contributed by atoms with Crippen molar-refractivity contribution in [1.29, 1.82) is 0 Å². The molecule has 1 aromatic heterocycles. The lowest BCUT2D eigenvalue weighted by molar-refractivity contribution is 0.543. The minimum absolute atomic E-state index is 0.174. The third kappa shape index (κ3) is 3.65. The van der Waals surface area contributed by atoms with E-state index in [0.29, 0.717) is 12.1 Å². The van der Waals surface area contributed by atoms with Crippen molar-refractivity contribution in [3.63, 3.8) is 0 Å². The predicted molar refractivity (Wildman–Crippen MR) is 83.1 cm³/mol. The fourth-order valence-electron chi connectivity index (χ4n) is 2.12. The van der Waals surface area contributed by atoms with Crippen LogP contribution in [0, 0.1) is 19.7 Å². The standard InChI is InChI=1S/C15H17BrFNS/c1-9-6-14(11(3)19-9)10(2)18-8-12-4-5-13(16)7-15(12)17/h4-7,10,18H,8H2,1-3H3. The molecule has 0 amide bonds. The summed E-state index contributed by atoms with van der Waals surface area (Å²) in [5, 5.41) is 3.38. The fourth-order valence-corrected chi connectivity index (χ4v) is 3.47. The van der Waals surface area contributed by atoms with E-state index in [1.807, 2.05) is 12.1 Å². The highest BCUT2D eigenvalue weighted by Crippen LogP contribution is 2.26. The molecule has 1 unspecified atom stereocenters. The monoisotopic (exact) mass is 341 g/mol. The summed E-state index contributed by atoms with van der Waals surface area (Å²) in [7, 11) is 0. The molecule has 0 aliphatic heterocycles. The van der Waals surface area contributed by atoms with Gasteiger partial charge in [0.2, 0.25) is 0 Å². The number of hydrogen-bond donors (Lipinski definition) is 1. The number of nitrogens with one attached hydrogen (secondary N) is 1. The van der Waals surface area contributed by atoms with Crippen molar-refractivity contribution >= 4 is 27.3 Å². The van der Waals surface area contributed by atoms with Gasteiger partial charge >= 0.3 is 0 Å². The highest BCUT2D eigenvalue weighted by molar-refractivity contribution is 9.10. The van der Waals surface area contributed by atoms with Gasteiger partial charge in [-0.25, -0.2) is 4.39 Å². The summed E-state index contributed by atoms with van der Waals surface area (Å²) in [4.78, 5) is 2.64. The highest BCUT2D eigenvalue weighted by Gasteiger charge is 2.11. The van der Waals surface area contributed by atoms with Crippen LogP contribution in [-0.4, -0.2) is 0 Å². The Morgan fingerprint density at radius 1 is 1.32 bits per heavy atom. The molecule has 1 atom stereocenters. The van der Waals surface area contributed by atoms with E-state index in [0.717, 1.165) is 4.47 Å². The number of rotatable bonds is 4. The molecule has 0 aliphatic carbocycles. The Kier molecular flexibility index (Phi) is 4.76. The van der Waals surface area contributed by atoms with E-state index in [9.17, 15) is 4.39 Å². The lowest BCUT2D eigenvalue weighted by atomic mass is 10.1. The lowest BCUT2D eigenvalue weighted by Crippen LogP contribution is -2.18. The lowest BCUT2D eigenvalue weighted by Gasteiger charge is -2.14. The first-order chi connectivity index (χ1) is 8.97. The van der Waals surface area contributed by atoms with Crippen LogP contribution >= 0.6 is 27.3 Å². The zero-order valence-electron chi connectivity index (χ0n) is 11.3. The van der Waals surface area contributed by atoms with E-state index in [4.69, 9.17) is 0 Å². The van der Waals surface area contributed by atoms with Crippen molar-refractivity contribution in [3.8, 4) is 0 Å². The number of thiophene rings is 1. The van der Waals surface area contributed by atoms with Gasteiger partial charge in [0.15, 0.2) is 0 Å². The molecule has 1 nitrogen and oxygen atoms in total. The van der Waals surface area contributed by atoms with Crippen LogP contribution < -0.4 is 5.32 Å². The van der Waals surface area contributed by atoms with E-state index in [2.05, 4.69) is 48.1 Å². The van der Waals surface area contributed by atoms with Gasteiger partial charge in [-0.05, 0) is 44.5 Å². The molecule has 0 saturated carbocycles. The third-order valence-electron chi connectivity index (χ3n) is 3.16. The number of benzene rings is 1. The average Bonchev–Trinajstić information content (AvgIpc) is 2.67. The van der Waals surface area contributed by atoms with Crippen LogP contribution in [0.2, 0.25) is 0 Å². The van der Waals surface area contributed by atoms with Crippen LogP contribution in [-0.2, 0) is 6.54 Å². The van der Waals surface area contributed by atoms with Gasteiger partial charge in [-0.2, -0.15) is 0 Å². The molecule has 2 aromatic rings. The van der Waals surface area contributed by atoms with Crippen LogP contribution in [0.25, 0.3) is 0 Å². The maximum absolute atomic E-state index is 13.7. The Hall–Kier alpha value is -0.710. The molecule has 0 saturated heterocycles. The van der Waals surface area contributed by atoms with Gasteiger partial charge in [-0.15, -0.1) is 11.3 Å². The predicted octanol–water partition coefficient (Wildman–Crippen LogP) is 5.12. The number of aryl methyl sites for hydroxylation is 2. The van der Waals surface area contributed by atoms with Crippen molar-refractivity contribution in [2.75, 3.05) is 0 Å². The zero-order chi connectivity index (χ0) is 14.0. The summed E-state index contributed by atoms with van der Waals surface area (Å²) in [6, 6.07) is 7.61. The summed E-state index contributed by atoms with van der Waals surface area (Å²) >= 11 is 5.07. The SMILES string of the molecule is Cc1cc(C(C)NCc2ccc(Br)cc2F)c(C)s1. The summed E-state index contributed by atoms with van der Waals surface area (Å²) in [6.07, 6.45) is 0. The molecule has 19 heavy (non-hydrogen) atoms. The van der Waals surface area contributed by atoms with Gasteiger partial charge in [-0.3, -0.25) is 0 Å². The second-order valence-corrected chi connectivity index (χ2v) is 7.08. The molecule has 0 fully saturated rings. The first-order valence-electron chi connectivity index (χ1n) is 6.21. The number of halogens is 2. The maximum Gasteiger partial charge on any atom is 0.128 e. The minimum Gasteiger partial charge on any atom is -0.306 e. The average molecular weight is 342 g/mol. The van der Waals surface area contributed by atoms with Gasteiger partial charge in [0, 0.05) is 32.4 Å². The minimum atomic E-state index is -0.174. The zero-order valence-corrected chi connectivity index (χ0v) is 13.7. The van der Waals surface area contributed by atoms with Gasteiger partial charge < -0.3 is 5.32 Å². The topological polar surface area (TPSA) is 12.0 Å². The van der Waals surface area contributed by atoms with Gasteiger partial charge in [-0.1, -0.05) is 22.0 Å². The largest absolute Gasteiger partial charge is 0.306 e. The molecule has 0 bridgehead atoms. The second-order valence-electron chi connectivity index (χ2n) is 4.71. The Bertz CT molecular complexity index is 580. The smallest absolute Gasteiger partial charge is 0.128 e. The molecule has 1 heterocycles. The maximum atomic E-state index is 13.7. The van der Waals surface area contributed by atoms with Crippen molar-refractivity contribution in [3.05, 3.63) is 55.4 Å². The first kappa shape index (κ1) is 14.7. The van der Waals surface area contributed by atoms with Gasteiger partial charge in [0.25, 0.3) is 0 Å². The van der Waals surface area contributed by atoms with E-state index in [-0.39, 0.29) is 11.9 Å². The first-order valence-corrected chi connectivity index (χ1v) is 7.82. The molecule has 2 rings (SSSR count). The summed E-state index contributed by atoms with van der Waals surface area (Å²) in [5.41, 5.74) is 2.00. The molecular formula is C15H17BrFNS. The molecule has 1 aromatic carbocycles. The van der Waals surface area contributed by atoms with Crippen LogP contribution in [0.4, 0.5) is 4.39 Å². The van der Waals surface area contributed by atoms with Crippen molar-refractivity contribution in [2.24, 2.45) is 0 Å². The quantitative estimate of drug-likeness (QED) is 0.813. The third-order valence-corrected chi connectivity index (χ3v) is 4.63. The van der Waals surface area contributed by atoms with Crippen LogP contribution in [0.15, 0.2) is 28.7 Å². The van der Waals surface area contributed by atoms with Crippen molar-refractivity contribution in [1.82, 2.24) is 5.32 Å². The van der Waals surface area contributed by atoms with Crippen LogP contribution in [0.3, 0.4) is 0 Å². The molecule has 0 spiro atoms. The highest BCUT2D eigenvalue weighted by atomic mass is 79.9. The Labute approximate surface area is 126 Å². The van der Waals surface area contributed by atoms with E-state index in [1.54, 1.807) is 11.3 Å². The van der Waals surface area contributed by atoms with Gasteiger partial charge in [0.1, 0.15) is 5.82 Å². The summed E-state index contributed by atoms with van der Waals surface area (Å²) in [5.74, 6) is -0.174.